The van der Waals surface area contributed by atoms with E-state index in [9.17, 15) is 4.79 Å². The van der Waals surface area contributed by atoms with Gasteiger partial charge in [-0.3, -0.25) is 0 Å². The summed E-state index contributed by atoms with van der Waals surface area (Å²) in [4.78, 5) is 11.4. The minimum atomic E-state index is -0.445. The maximum absolute atomic E-state index is 11.4. The number of anilines is 1. The fraction of sp³-hybridized carbons (Fsp3) is 0.300. The highest BCUT2D eigenvalue weighted by molar-refractivity contribution is 5.97. The monoisotopic (exact) mass is 195 g/mol. The second kappa shape index (κ2) is 4.00. The topological polar surface area (TPSA) is 61.5 Å². The second-order valence-corrected chi connectivity index (χ2v) is 2.85. The highest BCUT2D eigenvalue weighted by Crippen LogP contribution is 2.26. The number of rotatable bonds is 2. The number of carbonyl (C=O) groups is 1. The zero-order valence-corrected chi connectivity index (χ0v) is 8.46. The predicted octanol–water partition coefficient (Wildman–Crippen LogP) is 1.37. The van der Waals surface area contributed by atoms with Gasteiger partial charge in [-0.25, -0.2) is 4.79 Å². The summed E-state index contributed by atoms with van der Waals surface area (Å²) in [5.41, 5.74) is 7.12. The Bertz CT molecular complexity index is 361. The van der Waals surface area contributed by atoms with Gasteiger partial charge in [0.05, 0.1) is 19.8 Å². The fourth-order valence-electron chi connectivity index (χ4n) is 1.31. The van der Waals surface area contributed by atoms with Crippen LogP contribution in [0.4, 0.5) is 5.69 Å². The average Bonchev–Trinajstić information content (AvgIpc) is 2.18. The van der Waals surface area contributed by atoms with Gasteiger partial charge in [0.2, 0.25) is 0 Å². The molecule has 14 heavy (non-hydrogen) atoms. The molecular weight excluding hydrogens is 182 g/mol. The number of nitrogens with two attached hydrogens (primary N) is 1. The third-order valence-electron chi connectivity index (χ3n) is 2.06. The SMILES string of the molecule is COC(=O)c1c(N)ccc(OC)c1C. The van der Waals surface area contributed by atoms with Crippen molar-refractivity contribution in [3.8, 4) is 5.75 Å². The zero-order valence-electron chi connectivity index (χ0n) is 8.46. The molecule has 1 aromatic carbocycles. The molecule has 4 nitrogen and oxygen atoms in total. The maximum Gasteiger partial charge on any atom is 0.340 e. The molecule has 1 rings (SSSR count). The smallest absolute Gasteiger partial charge is 0.340 e. The van der Waals surface area contributed by atoms with E-state index in [1.807, 2.05) is 0 Å². The lowest BCUT2D eigenvalue weighted by atomic mass is 10.1. The van der Waals surface area contributed by atoms with Gasteiger partial charge < -0.3 is 15.2 Å². The number of esters is 1. The molecule has 0 saturated carbocycles. The van der Waals surface area contributed by atoms with Crippen molar-refractivity contribution in [2.24, 2.45) is 0 Å². The third kappa shape index (κ3) is 1.64. The van der Waals surface area contributed by atoms with Crippen molar-refractivity contribution in [3.63, 3.8) is 0 Å². The molecule has 0 atom stereocenters. The number of carbonyl (C=O) groups excluding carboxylic acids is 1. The van der Waals surface area contributed by atoms with Crippen LogP contribution in [-0.4, -0.2) is 20.2 Å². The van der Waals surface area contributed by atoms with Gasteiger partial charge in [-0.1, -0.05) is 0 Å². The summed E-state index contributed by atoms with van der Waals surface area (Å²) in [6, 6.07) is 3.34. The predicted molar refractivity (Wildman–Crippen MR) is 53.5 cm³/mol. The summed E-state index contributed by atoms with van der Waals surface area (Å²) in [5.74, 6) is 0.179. The molecule has 0 fully saturated rings. The quantitative estimate of drug-likeness (QED) is 0.572. The molecule has 0 heterocycles. The molecular formula is C10H13NO3. The molecule has 0 radical (unpaired) electrons. The van der Waals surface area contributed by atoms with Gasteiger partial charge >= 0.3 is 5.97 Å². The van der Waals surface area contributed by atoms with Crippen molar-refractivity contribution in [1.82, 2.24) is 0 Å². The Morgan fingerprint density at radius 2 is 2.00 bits per heavy atom. The molecule has 0 aliphatic carbocycles. The summed E-state index contributed by atoms with van der Waals surface area (Å²) in [6.07, 6.45) is 0. The lowest BCUT2D eigenvalue weighted by molar-refractivity contribution is 0.0600. The van der Waals surface area contributed by atoms with Crippen LogP contribution in [0.25, 0.3) is 0 Å². The van der Waals surface area contributed by atoms with Crippen molar-refractivity contribution < 1.29 is 14.3 Å². The third-order valence-corrected chi connectivity index (χ3v) is 2.06. The molecule has 0 aliphatic rings. The number of hydrogen-bond donors (Lipinski definition) is 1. The minimum Gasteiger partial charge on any atom is -0.496 e. The van der Waals surface area contributed by atoms with Gasteiger partial charge in [0, 0.05) is 11.3 Å². The van der Waals surface area contributed by atoms with Crippen LogP contribution in [0, 0.1) is 6.92 Å². The van der Waals surface area contributed by atoms with Crippen LogP contribution in [-0.2, 0) is 4.74 Å². The van der Waals surface area contributed by atoms with Crippen LogP contribution >= 0.6 is 0 Å². The Morgan fingerprint density at radius 1 is 1.36 bits per heavy atom. The summed E-state index contributed by atoms with van der Waals surface area (Å²) >= 11 is 0. The van der Waals surface area contributed by atoms with E-state index in [1.165, 1.54) is 7.11 Å². The van der Waals surface area contributed by atoms with E-state index in [0.717, 1.165) is 0 Å². The van der Waals surface area contributed by atoms with E-state index >= 15 is 0 Å². The first-order valence-corrected chi connectivity index (χ1v) is 4.13. The highest BCUT2D eigenvalue weighted by Gasteiger charge is 2.16. The zero-order chi connectivity index (χ0) is 10.7. The summed E-state index contributed by atoms with van der Waals surface area (Å²) in [7, 11) is 2.86. The molecule has 0 aliphatic heterocycles. The Balaban J connectivity index is 3.32. The van der Waals surface area contributed by atoms with Gasteiger partial charge in [0.1, 0.15) is 5.75 Å². The second-order valence-electron chi connectivity index (χ2n) is 2.85. The Hall–Kier alpha value is -1.71. The van der Waals surface area contributed by atoms with Crippen LogP contribution in [0.5, 0.6) is 5.75 Å². The van der Waals surface area contributed by atoms with Gasteiger partial charge in [-0.05, 0) is 19.1 Å². The maximum atomic E-state index is 11.4. The van der Waals surface area contributed by atoms with Crippen molar-refractivity contribution >= 4 is 11.7 Å². The average molecular weight is 195 g/mol. The highest BCUT2D eigenvalue weighted by atomic mass is 16.5. The number of ether oxygens (including phenoxy) is 2. The molecule has 0 amide bonds. The molecule has 0 saturated heterocycles. The van der Waals surface area contributed by atoms with E-state index < -0.39 is 5.97 Å². The van der Waals surface area contributed by atoms with Crippen molar-refractivity contribution in [2.75, 3.05) is 20.0 Å². The summed E-state index contributed by atoms with van der Waals surface area (Å²) in [6.45, 7) is 1.77. The summed E-state index contributed by atoms with van der Waals surface area (Å²) in [5, 5.41) is 0. The van der Waals surface area contributed by atoms with Gasteiger partial charge in [0.25, 0.3) is 0 Å². The first-order valence-electron chi connectivity index (χ1n) is 4.13. The van der Waals surface area contributed by atoms with E-state index in [2.05, 4.69) is 4.74 Å². The molecule has 76 valence electrons. The number of nitrogen functional groups attached to an aromatic ring is 1. The fourth-order valence-corrected chi connectivity index (χ4v) is 1.31. The number of benzene rings is 1. The normalized spacial score (nSPS) is 9.64. The molecule has 4 heteroatoms. The van der Waals surface area contributed by atoms with E-state index in [1.54, 1.807) is 26.2 Å². The van der Waals surface area contributed by atoms with E-state index in [0.29, 0.717) is 22.6 Å². The van der Waals surface area contributed by atoms with Gasteiger partial charge in [0.15, 0.2) is 0 Å². The number of methoxy groups -OCH3 is 2. The standard InChI is InChI=1S/C10H13NO3/c1-6-8(13-2)5-4-7(11)9(6)10(12)14-3/h4-5H,11H2,1-3H3. The molecule has 0 aromatic heterocycles. The van der Waals surface area contributed by atoms with Crippen LogP contribution in [0.3, 0.4) is 0 Å². The van der Waals surface area contributed by atoms with Crippen molar-refractivity contribution in [1.29, 1.82) is 0 Å². The van der Waals surface area contributed by atoms with E-state index in [4.69, 9.17) is 10.5 Å². The van der Waals surface area contributed by atoms with Crippen LogP contribution in [0.2, 0.25) is 0 Å². The summed E-state index contributed by atoms with van der Waals surface area (Å²) < 4.78 is 9.69. The Kier molecular flexibility index (Phi) is 2.96. The lowest BCUT2D eigenvalue weighted by Gasteiger charge is -2.10. The molecule has 0 unspecified atom stereocenters. The largest absolute Gasteiger partial charge is 0.496 e. The molecule has 2 N–H and O–H groups in total. The molecule has 1 aromatic rings. The van der Waals surface area contributed by atoms with Crippen molar-refractivity contribution in [2.45, 2.75) is 6.92 Å². The van der Waals surface area contributed by atoms with Crippen LogP contribution < -0.4 is 10.5 Å². The van der Waals surface area contributed by atoms with Crippen LogP contribution in [0.15, 0.2) is 12.1 Å². The Morgan fingerprint density at radius 3 is 2.50 bits per heavy atom. The van der Waals surface area contributed by atoms with Gasteiger partial charge in [-0.15, -0.1) is 0 Å². The molecule has 0 bridgehead atoms. The van der Waals surface area contributed by atoms with Gasteiger partial charge in [-0.2, -0.15) is 0 Å². The lowest BCUT2D eigenvalue weighted by Crippen LogP contribution is -2.08. The number of hydrogen-bond acceptors (Lipinski definition) is 4. The van der Waals surface area contributed by atoms with E-state index in [-0.39, 0.29) is 0 Å². The van der Waals surface area contributed by atoms with Crippen molar-refractivity contribution in [3.05, 3.63) is 23.3 Å². The first kappa shape index (κ1) is 10.4. The minimum absolute atomic E-state index is 0.367. The first-order chi connectivity index (χ1) is 6.61. The Labute approximate surface area is 82.6 Å². The molecule has 0 spiro atoms. The van der Waals surface area contributed by atoms with Crippen LogP contribution in [0.1, 0.15) is 15.9 Å².